The smallest absolute Gasteiger partial charge is 0.489 e. The molecule has 3 N–H and O–H groups in total. The van der Waals surface area contributed by atoms with E-state index in [-0.39, 0.29) is 35.4 Å². The summed E-state index contributed by atoms with van der Waals surface area (Å²) >= 11 is 1.47. The first kappa shape index (κ1) is 29.7. The molecule has 0 radical (unpaired) electrons. The largest absolute Gasteiger partial charge is 0.573 e. The van der Waals surface area contributed by atoms with Crippen LogP contribution in [-0.2, 0) is 4.84 Å². The fourth-order valence-electron chi connectivity index (χ4n) is 6.50. The fourth-order valence-corrected chi connectivity index (χ4v) is 7.65. The number of carbonyl (C=O) groups is 1. The van der Waals surface area contributed by atoms with E-state index in [1.807, 2.05) is 13.8 Å². The quantitative estimate of drug-likeness (QED) is 0.219. The van der Waals surface area contributed by atoms with E-state index in [4.69, 9.17) is 14.6 Å². The lowest BCUT2D eigenvalue weighted by molar-refractivity contribution is -0.275. The van der Waals surface area contributed by atoms with Crippen LogP contribution in [0.25, 0.3) is 10.2 Å². The molecular formula is C32H33F3N4O5S. The van der Waals surface area contributed by atoms with Crippen molar-refractivity contribution in [2.45, 2.75) is 76.5 Å². The number of nitrogens with one attached hydrogen (secondary N) is 2. The van der Waals surface area contributed by atoms with Gasteiger partial charge in [-0.2, -0.15) is 0 Å². The van der Waals surface area contributed by atoms with Crippen molar-refractivity contribution in [3.8, 4) is 11.5 Å². The molecule has 238 valence electrons. The van der Waals surface area contributed by atoms with Crippen LogP contribution < -0.4 is 25.2 Å². The Morgan fingerprint density at radius 1 is 1.20 bits per heavy atom. The third kappa shape index (κ3) is 6.02. The maximum absolute atomic E-state index is 13.2. The molecule has 3 atom stereocenters. The van der Waals surface area contributed by atoms with Crippen LogP contribution in [0.2, 0.25) is 0 Å². The van der Waals surface area contributed by atoms with Gasteiger partial charge in [0, 0.05) is 41.8 Å². The number of carboxylic acids is 1. The van der Waals surface area contributed by atoms with Crippen molar-refractivity contribution >= 4 is 32.7 Å². The Labute approximate surface area is 261 Å². The zero-order valence-corrected chi connectivity index (χ0v) is 25.5. The van der Waals surface area contributed by atoms with Crippen LogP contribution >= 0.6 is 11.3 Å². The van der Waals surface area contributed by atoms with E-state index in [0.717, 1.165) is 59.0 Å². The molecule has 3 aromatic rings. The number of aromatic nitrogens is 1. The van der Waals surface area contributed by atoms with Crippen molar-refractivity contribution in [1.29, 1.82) is 0 Å². The normalized spacial score (nSPS) is 23.0. The number of halogens is 3. The number of allylic oxidation sites excluding steroid dienone is 1. The number of nitrogens with zero attached hydrogens (tertiary/aromatic N) is 2. The van der Waals surface area contributed by atoms with Crippen molar-refractivity contribution < 1.29 is 37.4 Å². The molecule has 2 bridgehead atoms. The SMILES string of the molecule is CC(C)Oc1cc(C(=O)O)cc2sc(N3C4C=C(NCC5=C(C6CC6)ONC5c5ccccc5OC(F)(F)F)CC3CC4)nc12. The van der Waals surface area contributed by atoms with E-state index in [1.165, 1.54) is 29.5 Å². The van der Waals surface area contributed by atoms with Crippen LogP contribution in [0.3, 0.4) is 0 Å². The van der Waals surface area contributed by atoms with Crippen molar-refractivity contribution in [3.05, 3.63) is 70.6 Å². The minimum absolute atomic E-state index is 0.103. The molecule has 9 nitrogen and oxygen atoms in total. The van der Waals surface area contributed by atoms with Crippen LogP contribution in [-0.4, -0.2) is 47.2 Å². The second-order valence-corrected chi connectivity index (χ2v) is 13.2. The maximum atomic E-state index is 13.2. The molecule has 4 aliphatic rings. The average molecular weight is 643 g/mol. The molecule has 3 unspecified atom stereocenters. The molecule has 1 aliphatic carbocycles. The van der Waals surface area contributed by atoms with E-state index in [9.17, 15) is 23.1 Å². The third-order valence-corrected chi connectivity index (χ3v) is 9.55. The van der Waals surface area contributed by atoms with Gasteiger partial charge in [0.05, 0.1) is 28.5 Å². The Balaban J connectivity index is 1.12. The summed E-state index contributed by atoms with van der Waals surface area (Å²) in [7, 11) is 0. The van der Waals surface area contributed by atoms with E-state index in [0.29, 0.717) is 23.4 Å². The molecule has 2 fully saturated rings. The van der Waals surface area contributed by atoms with E-state index in [2.05, 4.69) is 26.5 Å². The van der Waals surface area contributed by atoms with Gasteiger partial charge in [-0.3, -0.25) is 0 Å². The number of thiazole rings is 1. The summed E-state index contributed by atoms with van der Waals surface area (Å²) in [6.07, 6.45) is 1.91. The van der Waals surface area contributed by atoms with Crippen LogP contribution in [0.15, 0.2) is 59.5 Å². The fraction of sp³-hybridized carbons (Fsp3) is 0.438. The molecule has 45 heavy (non-hydrogen) atoms. The van der Waals surface area contributed by atoms with Crippen LogP contribution in [0, 0.1) is 5.92 Å². The van der Waals surface area contributed by atoms with Crippen LogP contribution in [0.5, 0.6) is 11.5 Å². The predicted molar refractivity (Wildman–Crippen MR) is 162 cm³/mol. The first-order valence-electron chi connectivity index (χ1n) is 15.1. The second kappa shape index (κ2) is 11.4. The number of para-hydroxylation sites is 1. The van der Waals surface area contributed by atoms with Crippen molar-refractivity contribution in [2.24, 2.45) is 5.92 Å². The van der Waals surface area contributed by atoms with Crippen LogP contribution in [0.1, 0.15) is 67.9 Å². The van der Waals surface area contributed by atoms with Gasteiger partial charge in [-0.15, -0.1) is 18.7 Å². The van der Waals surface area contributed by atoms with Crippen molar-refractivity contribution in [2.75, 3.05) is 11.4 Å². The average Bonchev–Trinajstić information content (AvgIpc) is 3.48. The van der Waals surface area contributed by atoms with Gasteiger partial charge in [-0.25, -0.2) is 9.78 Å². The molecule has 13 heteroatoms. The third-order valence-electron chi connectivity index (χ3n) is 8.54. The number of benzene rings is 2. The number of ether oxygens (including phenoxy) is 2. The second-order valence-electron chi connectivity index (χ2n) is 12.1. The summed E-state index contributed by atoms with van der Waals surface area (Å²) < 4.78 is 50.6. The zero-order valence-electron chi connectivity index (χ0n) is 24.7. The Morgan fingerprint density at radius 2 is 2.00 bits per heavy atom. The highest BCUT2D eigenvalue weighted by molar-refractivity contribution is 7.22. The zero-order chi connectivity index (χ0) is 31.5. The number of hydroxylamine groups is 1. The van der Waals surface area contributed by atoms with E-state index >= 15 is 0 Å². The lowest BCUT2D eigenvalue weighted by Crippen LogP contribution is -2.41. The maximum Gasteiger partial charge on any atom is 0.573 e. The van der Waals surface area contributed by atoms with Crippen molar-refractivity contribution in [3.63, 3.8) is 0 Å². The number of fused-ring (bicyclic) bond motifs is 3. The molecule has 1 saturated heterocycles. The van der Waals surface area contributed by atoms with Gasteiger partial charge in [-0.05, 0) is 63.8 Å². The molecule has 3 aliphatic heterocycles. The van der Waals surface area contributed by atoms with Gasteiger partial charge in [0.25, 0.3) is 0 Å². The summed E-state index contributed by atoms with van der Waals surface area (Å²) in [6, 6.07) is 9.07. The highest BCUT2D eigenvalue weighted by atomic mass is 32.1. The highest BCUT2D eigenvalue weighted by Crippen LogP contribution is 2.47. The van der Waals surface area contributed by atoms with Gasteiger partial charge in [-0.1, -0.05) is 29.5 Å². The van der Waals surface area contributed by atoms with Gasteiger partial charge >= 0.3 is 12.3 Å². The molecule has 0 amide bonds. The molecular weight excluding hydrogens is 609 g/mol. The Hall–Kier alpha value is -3.97. The number of hydrogen-bond acceptors (Lipinski definition) is 9. The number of aromatic carboxylic acids is 1. The van der Waals surface area contributed by atoms with Gasteiger partial charge in [0.1, 0.15) is 22.8 Å². The first-order valence-corrected chi connectivity index (χ1v) is 15.9. The molecule has 0 spiro atoms. The molecule has 1 saturated carbocycles. The monoisotopic (exact) mass is 642 g/mol. The molecule has 7 rings (SSSR count). The minimum atomic E-state index is -4.81. The Morgan fingerprint density at radius 3 is 2.71 bits per heavy atom. The lowest BCUT2D eigenvalue weighted by Gasteiger charge is -2.34. The Kier molecular flexibility index (Phi) is 7.55. The summed E-state index contributed by atoms with van der Waals surface area (Å²) in [4.78, 5) is 24.9. The molecule has 1 aromatic heterocycles. The lowest BCUT2D eigenvalue weighted by atomic mass is 9.96. The van der Waals surface area contributed by atoms with Crippen LogP contribution in [0.4, 0.5) is 18.3 Å². The number of rotatable bonds is 10. The highest BCUT2D eigenvalue weighted by Gasteiger charge is 2.42. The summed E-state index contributed by atoms with van der Waals surface area (Å²) in [5.41, 5.74) is 6.11. The number of anilines is 1. The summed E-state index contributed by atoms with van der Waals surface area (Å²) in [5.74, 6) is 0.254. The van der Waals surface area contributed by atoms with E-state index < -0.39 is 18.4 Å². The topological polar surface area (TPSA) is 105 Å². The number of carboxylic acid groups (broad SMARTS) is 1. The van der Waals surface area contributed by atoms with Gasteiger partial charge in [0.2, 0.25) is 0 Å². The first-order chi connectivity index (χ1) is 21.5. The summed E-state index contributed by atoms with van der Waals surface area (Å²) in [5, 5.41) is 14.1. The number of hydrogen-bond donors (Lipinski definition) is 3. The van der Waals surface area contributed by atoms with Gasteiger partial charge < -0.3 is 29.6 Å². The minimum Gasteiger partial charge on any atom is -0.489 e. The van der Waals surface area contributed by atoms with E-state index in [1.54, 1.807) is 18.2 Å². The standard InChI is InChI=1S/C32H33F3N4O5S/c1-16(2)42-25-11-18(30(40)41)12-26-28(25)37-31(45-26)39-20-9-10-21(39)14-19(13-20)36-15-23-27(38-44-29(23)17-7-8-17)22-5-3-4-6-24(22)43-32(33,34)35/h3-6,11-13,16-17,20-21,27,36,38H,7-10,14-15H2,1-2H3,(H,40,41). The summed E-state index contributed by atoms with van der Waals surface area (Å²) in [6.45, 7) is 4.21. The van der Waals surface area contributed by atoms with Crippen molar-refractivity contribution in [1.82, 2.24) is 15.8 Å². The number of alkyl halides is 3. The molecule has 4 heterocycles. The van der Waals surface area contributed by atoms with Gasteiger partial charge in [0.15, 0.2) is 5.13 Å². The Bertz CT molecular complexity index is 1700. The predicted octanol–water partition coefficient (Wildman–Crippen LogP) is 6.84. The molecule has 2 aromatic carbocycles.